The van der Waals surface area contributed by atoms with Crippen molar-refractivity contribution in [2.45, 2.75) is 51.3 Å². The van der Waals surface area contributed by atoms with Gasteiger partial charge in [-0.1, -0.05) is 0 Å². The Bertz CT molecular complexity index is 398. The molecule has 1 heterocycles. The summed E-state index contributed by atoms with van der Waals surface area (Å²) in [5.41, 5.74) is 0. The number of aliphatic carboxylic acids is 1. The summed E-state index contributed by atoms with van der Waals surface area (Å²) in [4.78, 5) is 36.3. The van der Waals surface area contributed by atoms with Crippen molar-refractivity contribution >= 4 is 18.0 Å². The second kappa shape index (κ2) is 7.82. The molecule has 0 aliphatic carbocycles. The molecule has 1 aliphatic heterocycles. The number of piperidine rings is 1. The number of carbonyl (C=O) groups excluding carboxylic acids is 2. The van der Waals surface area contributed by atoms with Crippen molar-refractivity contribution in [2.75, 3.05) is 13.2 Å². The van der Waals surface area contributed by atoms with Gasteiger partial charge in [-0.3, -0.25) is 0 Å². The van der Waals surface area contributed by atoms with E-state index in [-0.39, 0.29) is 6.61 Å². The topological polar surface area (TPSA) is 116 Å². The van der Waals surface area contributed by atoms with E-state index in [0.29, 0.717) is 13.0 Å². The lowest BCUT2D eigenvalue weighted by Crippen LogP contribution is -2.57. The van der Waals surface area contributed by atoms with E-state index in [2.05, 4.69) is 5.32 Å². The fraction of sp³-hybridized carbons (Fsp3) is 0.769. The fourth-order valence-electron chi connectivity index (χ4n) is 2.26. The van der Waals surface area contributed by atoms with Crippen LogP contribution in [0.1, 0.15) is 33.1 Å². The zero-order valence-corrected chi connectivity index (χ0v) is 12.2. The van der Waals surface area contributed by atoms with E-state index in [1.807, 2.05) is 0 Å². The molecule has 3 unspecified atom stereocenters. The normalized spacial score (nSPS) is 21.3. The van der Waals surface area contributed by atoms with Gasteiger partial charge in [0.15, 0.2) is 6.04 Å². The third kappa shape index (κ3) is 4.59. The van der Waals surface area contributed by atoms with E-state index < -0.39 is 36.2 Å². The first-order valence-corrected chi connectivity index (χ1v) is 7.03. The number of ether oxygens (including phenoxy) is 1. The van der Waals surface area contributed by atoms with Crippen LogP contribution in [0.25, 0.3) is 0 Å². The van der Waals surface area contributed by atoms with Crippen LogP contribution in [0.2, 0.25) is 0 Å². The zero-order chi connectivity index (χ0) is 16.0. The van der Waals surface area contributed by atoms with Gasteiger partial charge in [0.05, 0.1) is 12.7 Å². The van der Waals surface area contributed by atoms with Gasteiger partial charge < -0.3 is 25.2 Å². The van der Waals surface area contributed by atoms with E-state index in [0.717, 1.165) is 12.8 Å². The molecule has 3 atom stereocenters. The Kier molecular flexibility index (Phi) is 6.41. The largest absolute Gasteiger partial charge is 0.480 e. The van der Waals surface area contributed by atoms with Crippen LogP contribution in [0, 0.1) is 0 Å². The Hall–Kier alpha value is -1.83. The fourth-order valence-corrected chi connectivity index (χ4v) is 2.26. The van der Waals surface area contributed by atoms with Crippen molar-refractivity contribution in [3.05, 3.63) is 0 Å². The summed E-state index contributed by atoms with van der Waals surface area (Å²) >= 11 is 0. The molecule has 0 spiro atoms. The number of hydrogen-bond donors (Lipinski definition) is 3. The highest BCUT2D eigenvalue weighted by molar-refractivity contribution is 5.87. The number of carboxylic acids is 1. The number of carboxylic acid groups (broad SMARTS) is 1. The number of nitrogens with one attached hydrogen (secondary N) is 1. The van der Waals surface area contributed by atoms with Crippen LogP contribution in [0.5, 0.6) is 0 Å². The predicted molar refractivity (Wildman–Crippen MR) is 72.6 cm³/mol. The van der Waals surface area contributed by atoms with Crippen molar-refractivity contribution in [2.24, 2.45) is 0 Å². The van der Waals surface area contributed by atoms with Crippen LogP contribution in [0.3, 0.4) is 0 Å². The Morgan fingerprint density at radius 1 is 1.38 bits per heavy atom. The molecule has 2 amide bonds. The van der Waals surface area contributed by atoms with E-state index in [4.69, 9.17) is 9.84 Å². The molecule has 0 bridgehead atoms. The number of urea groups is 1. The minimum absolute atomic E-state index is 0.218. The highest BCUT2D eigenvalue weighted by Crippen LogP contribution is 2.18. The molecule has 1 rings (SSSR count). The second-order valence-corrected chi connectivity index (χ2v) is 4.96. The van der Waals surface area contributed by atoms with Crippen molar-refractivity contribution in [1.82, 2.24) is 10.2 Å². The highest BCUT2D eigenvalue weighted by Gasteiger charge is 2.35. The molecule has 1 aliphatic rings. The van der Waals surface area contributed by atoms with E-state index >= 15 is 0 Å². The first kappa shape index (κ1) is 17.2. The van der Waals surface area contributed by atoms with E-state index in [1.54, 1.807) is 6.92 Å². The molecule has 0 aromatic carbocycles. The predicted octanol–water partition coefficient (Wildman–Crippen LogP) is -0.0524. The standard InChI is InChI=1S/C13H22N2O6/c1-3-21-12(19)9-6-4-5-7-15(9)13(20)14-10(8(2)16)11(17)18/h8-10,16H,3-7H2,1-2H3,(H,14,20)(H,17,18). The number of aliphatic hydroxyl groups excluding tert-OH is 1. The number of likely N-dealkylation sites (tertiary alicyclic amines) is 1. The van der Waals surface area contributed by atoms with E-state index in [1.165, 1.54) is 11.8 Å². The Morgan fingerprint density at radius 3 is 2.57 bits per heavy atom. The molecule has 0 saturated carbocycles. The van der Waals surface area contributed by atoms with Crippen LogP contribution < -0.4 is 5.32 Å². The SMILES string of the molecule is CCOC(=O)C1CCCCN1C(=O)NC(C(=O)O)C(C)O. The first-order valence-electron chi connectivity index (χ1n) is 7.03. The zero-order valence-electron chi connectivity index (χ0n) is 12.2. The maximum atomic E-state index is 12.2. The van der Waals surface area contributed by atoms with Crippen LogP contribution in [0.15, 0.2) is 0 Å². The minimum atomic E-state index is -1.41. The molecule has 1 saturated heterocycles. The van der Waals surface area contributed by atoms with Gasteiger partial charge in [-0.05, 0) is 33.1 Å². The number of esters is 1. The van der Waals surface area contributed by atoms with Gasteiger partial charge in [-0.2, -0.15) is 0 Å². The number of amides is 2. The summed E-state index contributed by atoms with van der Waals surface area (Å²) < 4.78 is 4.94. The number of carbonyl (C=O) groups is 3. The van der Waals surface area contributed by atoms with Crippen molar-refractivity contribution in [1.29, 1.82) is 0 Å². The molecular weight excluding hydrogens is 280 g/mol. The van der Waals surface area contributed by atoms with E-state index in [9.17, 15) is 19.5 Å². The lowest BCUT2D eigenvalue weighted by molar-refractivity contribution is -0.149. The maximum absolute atomic E-state index is 12.2. The highest BCUT2D eigenvalue weighted by atomic mass is 16.5. The van der Waals surface area contributed by atoms with Gasteiger partial charge in [-0.25, -0.2) is 14.4 Å². The number of hydrogen-bond acceptors (Lipinski definition) is 5. The summed E-state index contributed by atoms with van der Waals surface area (Å²) in [7, 11) is 0. The average molecular weight is 302 g/mol. The van der Waals surface area contributed by atoms with Crippen LogP contribution >= 0.6 is 0 Å². The van der Waals surface area contributed by atoms with Gasteiger partial charge in [0.2, 0.25) is 0 Å². The van der Waals surface area contributed by atoms with Crippen LogP contribution in [-0.4, -0.2) is 64.4 Å². The summed E-state index contributed by atoms with van der Waals surface area (Å²) in [5, 5.41) is 20.6. The van der Waals surface area contributed by atoms with Gasteiger partial charge in [0, 0.05) is 6.54 Å². The van der Waals surface area contributed by atoms with Gasteiger partial charge in [0.1, 0.15) is 6.04 Å². The smallest absolute Gasteiger partial charge is 0.328 e. The molecule has 8 heteroatoms. The number of rotatable bonds is 5. The molecule has 120 valence electrons. The van der Waals surface area contributed by atoms with Crippen molar-refractivity contribution in [3.63, 3.8) is 0 Å². The molecule has 0 aromatic heterocycles. The summed E-state index contributed by atoms with van der Waals surface area (Å²) in [6.07, 6.45) is 0.776. The summed E-state index contributed by atoms with van der Waals surface area (Å²) in [6, 6.07) is -2.80. The maximum Gasteiger partial charge on any atom is 0.328 e. The molecule has 1 fully saturated rings. The van der Waals surface area contributed by atoms with Gasteiger partial charge in [-0.15, -0.1) is 0 Å². The lowest BCUT2D eigenvalue weighted by atomic mass is 10.0. The third-order valence-electron chi connectivity index (χ3n) is 3.35. The molecule has 0 aromatic rings. The number of aliphatic hydroxyl groups is 1. The van der Waals surface area contributed by atoms with Gasteiger partial charge >= 0.3 is 18.0 Å². The second-order valence-electron chi connectivity index (χ2n) is 4.96. The average Bonchev–Trinajstić information content (AvgIpc) is 2.44. The van der Waals surface area contributed by atoms with Crippen LogP contribution in [0.4, 0.5) is 4.79 Å². The Morgan fingerprint density at radius 2 is 2.05 bits per heavy atom. The minimum Gasteiger partial charge on any atom is -0.480 e. The quantitative estimate of drug-likeness (QED) is 0.613. The Labute approximate surface area is 123 Å². The summed E-state index contributed by atoms with van der Waals surface area (Å²) in [6.45, 7) is 3.52. The molecule has 21 heavy (non-hydrogen) atoms. The van der Waals surface area contributed by atoms with Crippen molar-refractivity contribution < 1.29 is 29.3 Å². The molecule has 3 N–H and O–H groups in total. The first-order chi connectivity index (χ1) is 9.88. The molecule has 8 nitrogen and oxygen atoms in total. The lowest BCUT2D eigenvalue weighted by Gasteiger charge is -2.34. The summed E-state index contributed by atoms with van der Waals surface area (Å²) in [5.74, 6) is -1.82. The number of nitrogens with zero attached hydrogens (tertiary/aromatic N) is 1. The monoisotopic (exact) mass is 302 g/mol. The molecular formula is C13H22N2O6. The molecule has 0 radical (unpaired) electrons. The Balaban J connectivity index is 2.77. The van der Waals surface area contributed by atoms with Crippen molar-refractivity contribution in [3.8, 4) is 0 Å². The van der Waals surface area contributed by atoms with Gasteiger partial charge in [0.25, 0.3) is 0 Å². The third-order valence-corrected chi connectivity index (χ3v) is 3.35. The van der Waals surface area contributed by atoms with Crippen LogP contribution in [-0.2, 0) is 14.3 Å².